The molecule has 0 saturated carbocycles. The molecular weight excluding hydrogens is 427 g/mol. The zero-order chi connectivity index (χ0) is 23.2. The van der Waals surface area contributed by atoms with Crippen LogP contribution in [0.15, 0.2) is 67.1 Å². The van der Waals surface area contributed by atoms with Gasteiger partial charge < -0.3 is 20.1 Å². The molecule has 2 N–H and O–H groups in total. The first kappa shape index (κ1) is 21.8. The lowest BCUT2D eigenvalue weighted by Crippen LogP contribution is -2.22. The number of hydrogen-bond donors (Lipinski definition) is 2. The van der Waals surface area contributed by atoms with Crippen molar-refractivity contribution in [2.24, 2.45) is 0 Å². The van der Waals surface area contributed by atoms with Gasteiger partial charge in [0, 0.05) is 36.6 Å². The Kier molecular flexibility index (Phi) is 6.44. The van der Waals surface area contributed by atoms with Gasteiger partial charge in [-0.25, -0.2) is 14.1 Å². The summed E-state index contributed by atoms with van der Waals surface area (Å²) < 4.78 is 26.1. The lowest BCUT2D eigenvalue weighted by molar-refractivity contribution is 0.0951. The van der Waals surface area contributed by atoms with Crippen molar-refractivity contribution >= 4 is 17.5 Å². The second-order valence-electron chi connectivity index (χ2n) is 6.93. The van der Waals surface area contributed by atoms with Crippen LogP contribution in [0.25, 0.3) is 5.82 Å². The van der Waals surface area contributed by atoms with Crippen LogP contribution in [0.1, 0.15) is 15.9 Å². The predicted octanol–water partition coefficient (Wildman–Crippen LogP) is 3.49. The minimum Gasteiger partial charge on any atom is -0.497 e. The summed E-state index contributed by atoms with van der Waals surface area (Å²) in [5.74, 6) is 0.135. The Labute approximate surface area is 189 Å². The number of amides is 1. The normalized spacial score (nSPS) is 10.5. The molecule has 0 saturated heterocycles. The molecule has 0 bridgehead atoms. The largest absolute Gasteiger partial charge is 0.497 e. The van der Waals surface area contributed by atoms with E-state index in [4.69, 9.17) is 9.47 Å². The fourth-order valence-corrected chi connectivity index (χ4v) is 3.02. The average Bonchev–Trinajstić information content (AvgIpc) is 3.34. The summed E-state index contributed by atoms with van der Waals surface area (Å²) in [6, 6.07) is 14.7. The van der Waals surface area contributed by atoms with Gasteiger partial charge in [-0.05, 0) is 5.56 Å². The van der Waals surface area contributed by atoms with E-state index in [1.807, 2.05) is 30.3 Å². The molecule has 0 fully saturated rings. The van der Waals surface area contributed by atoms with Crippen LogP contribution in [0.4, 0.5) is 16.0 Å². The molecule has 0 aliphatic carbocycles. The molecule has 4 rings (SSSR count). The highest BCUT2D eigenvalue weighted by atomic mass is 19.1. The number of benzene rings is 2. The molecule has 2 aromatic carbocycles. The van der Waals surface area contributed by atoms with Gasteiger partial charge in [-0.1, -0.05) is 30.3 Å². The van der Waals surface area contributed by atoms with E-state index in [0.717, 1.165) is 11.8 Å². The zero-order valence-electron chi connectivity index (χ0n) is 17.9. The Hall–Kier alpha value is -4.47. The SMILES string of the molecule is COc1cc(Nc2ncc(F)c(-n3cc(C(=O)NCc4ccccc4)cn3)n2)cc(OC)c1. The summed E-state index contributed by atoms with van der Waals surface area (Å²) in [5.41, 5.74) is 1.83. The third kappa shape index (κ3) is 5.24. The molecule has 0 aliphatic rings. The Bertz CT molecular complexity index is 1240. The first-order valence-electron chi connectivity index (χ1n) is 9.95. The van der Waals surface area contributed by atoms with E-state index < -0.39 is 5.82 Å². The van der Waals surface area contributed by atoms with Gasteiger partial charge in [0.2, 0.25) is 5.95 Å². The quantitative estimate of drug-likeness (QED) is 0.425. The number of halogens is 1. The molecule has 0 spiro atoms. The number of nitrogens with one attached hydrogen (secondary N) is 2. The van der Waals surface area contributed by atoms with Crippen molar-refractivity contribution < 1.29 is 18.7 Å². The minimum absolute atomic E-state index is 0.107. The Morgan fingerprint density at radius 2 is 1.79 bits per heavy atom. The van der Waals surface area contributed by atoms with Crippen LogP contribution in [0.5, 0.6) is 11.5 Å². The number of hydrogen-bond acceptors (Lipinski definition) is 7. The third-order valence-electron chi connectivity index (χ3n) is 4.69. The van der Waals surface area contributed by atoms with Crippen molar-refractivity contribution in [3.8, 4) is 17.3 Å². The fraction of sp³-hybridized carbons (Fsp3) is 0.130. The molecule has 0 unspecified atom stereocenters. The molecule has 0 atom stereocenters. The van der Waals surface area contributed by atoms with Gasteiger partial charge in [0.15, 0.2) is 11.6 Å². The molecule has 0 aliphatic heterocycles. The zero-order valence-corrected chi connectivity index (χ0v) is 17.9. The maximum Gasteiger partial charge on any atom is 0.254 e. The topological polar surface area (TPSA) is 103 Å². The van der Waals surface area contributed by atoms with Crippen LogP contribution in [0.3, 0.4) is 0 Å². The first-order valence-corrected chi connectivity index (χ1v) is 9.95. The fourth-order valence-electron chi connectivity index (χ4n) is 3.02. The van der Waals surface area contributed by atoms with Crippen molar-refractivity contribution in [3.05, 3.63) is 84.1 Å². The predicted molar refractivity (Wildman–Crippen MR) is 120 cm³/mol. The van der Waals surface area contributed by atoms with Gasteiger partial charge in [-0.3, -0.25) is 4.79 Å². The van der Waals surface area contributed by atoms with Crippen LogP contribution in [-0.2, 0) is 6.54 Å². The number of ether oxygens (including phenoxy) is 2. The summed E-state index contributed by atoms with van der Waals surface area (Å²) in [5, 5.41) is 9.88. The molecule has 168 valence electrons. The first-order chi connectivity index (χ1) is 16.1. The number of rotatable bonds is 8. The van der Waals surface area contributed by atoms with Crippen LogP contribution in [-0.4, -0.2) is 39.9 Å². The van der Waals surface area contributed by atoms with Gasteiger partial charge in [-0.15, -0.1) is 0 Å². The van der Waals surface area contributed by atoms with E-state index in [1.54, 1.807) is 18.2 Å². The third-order valence-corrected chi connectivity index (χ3v) is 4.69. The second kappa shape index (κ2) is 9.77. The van der Waals surface area contributed by atoms with Gasteiger partial charge in [0.25, 0.3) is 5.91 Å². The van der Waals surface area contributed by atoms with E-state index in [2.05, 4.69) is 25.7 Å². The Balaban J connectivity index is 1.51. The molecular formula is C23H21FN6O3. The number of aromatic nitrogens is 4. The summed E-state index contributed by atoms with van der Waals surface area (Å²) in [6.45, 7) is 0.366. The van der Waals surface area contributed by atoms with Crippen molar-refractivity contribution in [2.75, 3.05) is 19.5 Å². The summed E-state index contributed by atoms with van der Waals surface area (Å²) >= 11 is 0. The van der Waals surface area contributed by atoms with Crippen LogP contribution in [0, 0.1) is 5.82 Å². The number of carbonyl (C=O) groups is 1. The number of nitrogens with zero attached hydrogens (tertiary/aromatic N) is 4. The molecule has 9 nitrogen and oxygen atoms in total. The molecule has 1 amide bonds. The van der Waals surface area contributed by atoms with E-state index in [-0.39, 0.29) is 23.2 Å². The van der Waals surface area contributed by atoms with Crippen molar-refractivity contribution in [3.63, 3.8) is 0 Å². The summed E-state index contributed by atoms with van der Waals surface area (Å²) in [7, 11) is 3.08. The van der Waals surface area contributed by atoms with Gasteiger partial charge in [0.05, 0.1) is 32.2 Å². The van der Waals surface area contributed by atoms with Crippen molar-refractivity contribution in [2.45, 2.75) is 6.54 Å². The summed E-state index contributed by atoms with van der Waals surface area (Å²) in [4.78, 5) is 20.6. The van der Waals surface area contributed by atoms with Crippen LogP contribution >= 0.6 is 0 Å². The highest BCUT2D eigenvalue weighted by Crippen LogP contribution is 2.27. The summed E-state index contributed by atoms with van der Waals surface area (Å²) in [6.07, 6.45) is 3.78. The van der Waals surface area contributed by atoms with E-state index >= 15 is 0 Å². The van der Waals surface area contributed by atoms with Gasteiger partial charge in [-0.2, -0.15) is 10.1 Å². The molecule has 4 aromatic rings. The second-order valence-corrected chi connectivity index (χ2v) is 6.93. The standard InChI is InChI=1S/C23H21FN6O3/c1-32-18-8-17(9-19(10-18)33-2)28-23-26-13-20(24)21(29-23)30-14-16(12-27-30)22(31)25-11-15-6-4-3-5-7-15/h3-10,12-14H,11H2,1-2H3,(H,25,31)(H,26,28,29). The smallest absolute Gasteiger partial charge is 0.254 e. The molecule has 0 radical (unpaired) electrons. The highest BCUT2D eigenvalue weighted by molar-refractivity contribution is 5.93. The van der Waals surface area contributed by atoms with E-state index in [9.17, 15) is 9.18 Å². The Morgan fingerprint density at radius 3 is 2.48 bits per heavy atom. The maximum absolute atomic E-state index is 14.5. The molecule has 10 heteroatoms. The lowest BCUT2D eigenvalue weighted by Gasteiger charge is -2.10. The monoisotopic (exact) mass is 448 g/mol. The lowest BCUT2D eigenvalue weighted by atomic mass is 10.2. The maximum atomic E-state index is 14.5. The van der Waals surface area contributed by atoms with Crippen LogP contribution in [0.2, 0.25) is 0 Å². The minimum atomic E-state index is -0.692. The van der Waals surface area contributed by atoms with E-state index in [1.165, 1.54) is 31.3 Å². The molecule has 2 heterocycles. The number of anilines is 2. The van der Waals surface area contributed by atoms with Gasteiger partial charge in [0.1, 0.15) is 11.5 Å². The van der Waals surface area contributed by atoms with Crippen LogP contribution < -0.4 is 20.1 Å². The molecule has 2 aromatic heterocycles. The average molecular weight is 448 g/mol. The van der Waals surface area contributed by atoms with Crippen molar-refractivity contribution in [1.29, 1.82) is 0 Å². The number of carbonyl (C=O) groups excluding carboxylic acids is 1. The highest BCUT2D eigenvalue weighted by Gasteiger charge is 2.15. The van der Waals surface area contributed by atoms with Gasteiger partial charge >= 0.3 is 0 Å². The number of methoxy groups -OCH3 is 2. The Morgan fingerprint density at radius 1 is 1.06 bits per heavy atom. The van der Waals surface area contributed by atoms with Crippen molar-refractivity contribution in [1.82, 2.24) is 25.1 Å². The molecule has 33 heavy (non-hydrogen) atoms. The van der Waals surface area contributed by atoms with E-state index in [0.29, 0.717) is 23.7 Å².